The van der Waals surface area contributed by atoms with Crippen LogP contribution in [0.1, 0.15) is 35.5 Å². The number of benzene rings is 3. The molecule has 1 aromatic heterocycles. The second kappa shape index (κ2) is 12.0. The Morgan fingerprint density at radius 2 is 1.71 bits per heavy atom. The summed E-state index contributed by atoms with van der Waals surface area (Å²) in [6, 6.07) is 22.2. The number of para-hydroxylation sites is 1. The molecule has 1 aliphatic rings. The Morgan fingerprint density at radius 3 is 2.43 bits per heavy atom. The molecule has 222 valence electrons. The van der Waals surface area contributed by atoms with Crippen LogP contribution >= 0.6 is 0 Å². The van der Waals surface area contributed by atoms with E-state index in [1.807, 2.05) is 80.9 Å². The van der Waals surface area contributed by atoms with Crippen molar-refractivity contribution in [2.75, 3.05) is 26.7 Å². The lowest BCUT2D eigenvalue weighted by Gasteiger charge is -2.35. The molecule has 0 radical (unpaired) electrons. The van der Waals surface area contributed by atoms with E-state index in [1.165, 1.54) is 4.31 Å². The lowest BCUT2D eigenvalue weighted by Crippen LogP contribution is -2.48. The van der Waals surface area contributed by atoms with Crippen LogP contribution in [0.5, 0.6) is 0 Å². The van der Waals surface area contributed by atoms with Gasteiger partial charge in [-0.2, -0.15) is 4.31 Å². The molecule has 0 aliphatic carbocycles. The molecule has 42 heavy (non-hydrogen) atoms. The fourth-order valence-corrected chi connectivity index (χ4v) is 6.95. The second-order valence-electron chi connectivity index (χ2n) is 11.4. The molecule has 0 spiro atoms. The number of ether oxygens (including phenoxy) is 1. The summed E-state index contributed by atoms with van der Waals surface area (Å²) in [6.07, 6.45) is -0.526. The molecule has 2 heterocycles. The van der Waals surface area contributed by atoms with Crippen molar-refractivity contribution in [2.24, 2.45) is 13.0 Å². The van der Waals surface area contributed by atoms with Crippen molar-refractivity contribution in [1.29, 1.82) is 0 Å². The van der Waals surface area contributed by atoms with Crippen LogP contribution in [0.2, 0.25) is 0 Å². The number of sulfonamides is 1. The first-order valence-corrected chi connectivity index (χ1v) is 15.7. The minimum Gasteiger partial charge on any atom is -0.394 e. The quantitative estimate of drug-likeness (QED) is 0.348. The van der Waals surface area contributed by atoms with Gasteiger partial charge in [-0.05, 0) is 43.2 Å². The molecule has 0 saturated heterocycles. The zero-order chi connectivity index (χ0) is 30.2. The summed E-state index contributed by atoms with van der Waals surface area (Å²) in [7, 11) is -0.303. The number of nitrogens with zero attached hydrogens (tertiary/aromatic N) is 3. The summed E-state index contributed by atoms with van der Waals surface area (Å²) >= 11 is 0. The molecular weight excluding hydrogens is 550 g/mol. The number of fused-ring (bicyclic) bond motifs is 5. The number of hydrogen-bond donors (Lipinski definition) is 1. The zero-order valence-electron chi connectivity index (χ0n) is 24.8. The van der Waals surface area contributed by atoms with Gasteiger partial charge in [-0.3, -0.25) is 4.79 Å². The lowest BCUT2D eigenvalue weighted by molar-refractivity contribution is -0.0147. The number of hydrogen-bond acceptors (Lipinski definition) is 5. The molecule has 4 aromatic rings. The number of carbonyl (C=O) groups excluding carboxylic acids is 1. The summed E-state index contributed by atoms with van der Waals surface area (Å²) < 4.78 is 36.8. The Balaban J connectivity index is 1.60. The van der Waals surface area contributed by atoms with E-state index >= 15 is 0 Å². The van der Waals surface area contributed by atoms with Crippen LogP contribution in [0.25, 0.3) is 22.0 Å². The van der Waals surface area contributed by atoms with E-state index in [0.717, 1.165) is 33.2 Å². The van der Waals surface area contributed by atoms with E-state index < -0.39 is 22.2 Å². The molecule has 3 atom stereocenters. The van der Waals surface area contributed by atoms with E-state index in [-0.39, 0.29) is 43.0 Å². The fourth-order valence-electron chi connectivity index (χ4n) is 5.77. The van der Waals surface area contributed by atoms with Gasteiger partial charge in [0.1, 0.15) is 5.69 Å². The van der Waals surface area contributed by atoms with Gasteiger partial charge in [-0.15, -0.1) is 0 Å². The first-order valence-electron chi connectivity index (χ1n) is 14.3. The average Bonchev–Trinajstić information content (AvgIpc) is 3.28. The maximum Gasteiger partial charge on any atom is 0.271 e. The normalized spacial score (nSPS) is 18.9. The van der Waals surface area contributed by atoms with Gasteiger partial charge < -0.3 is 19.3 Å². The monoisotopic (exact) mass is 589 g/mol. The van der Waals surface area contributed by atoms with Gasteiger partial charge >= 0.3 is 0 Å². The van der Waals surface area contributed by atoms with Gasteiger partial charge in [0.2, 0.25) is 10.0 Å². The van der Waals surface area contributed by atoms with E-state index in [2.05, 4.69) is 0 Å². The highest BCUT2D eigenvalue weighted by atomic mass is 32.2. The molecular formula is C33H39N3O5S. The standard InChI is InChI=1S/C33H39N3O5S/c1-22-14-16-26(17-15-22)42(39,40)34(4)19-30-23(2)18-36(24(3)20-37)33(38)32-31(27-11-7-6-10-25(27)21-41-30)28-12-8-9-13-29(28)35(32)5/h6-17,23-24,30,37H,18-21H2,1-5H3/t23-,24+,30+/m0/s1. The van der Waals surface area contributed by atoms with Crippen molar-refractivity contribution in [3.63, 3.8) is 0 Å². The van der Waals surface area contributed by atoms with Crippen molar-refractivity contribution in [1.82, 2.24) is 13.8 Å². The summed E-state index contributed by atoms with van der Waals surface area (Å²) in [6.45, 7) is 6.12. The van der Waals surface area contributed by atoms with E-state index in [9.17, 15) is 18.3 Å². The predicted molar refractivity (Wildman–Crippen MR) is 165 cm³/mol. The summed E-state index contributed by atoms with van der Waals surface area (Å²) in [5, 5.41) is 11.2. The molecule has 0 saturated carbocycles. The lowest BCUT2D eigenvalue weighted by atomic mass is 9.96. The Bertz CT molecular complexity index is 1700. The molecule has 8 nitrogen and oxygen atoms in total. The number of carbonyl (C=O) groups is 1. The SMILES string of the molecule is Cc1ccc(S(=O)(=O)N(C)C[C@H]2OCc3ccccc3-c3c(n(C)c4ccccc34)C(=O)N([C@H](C)CO)C[C@@H]2C)cc1. The molecule has 3 aromatic carbocycles. The van der Waals surface area contributed by atoms with Crippen LogP contribution in [0.3, 0.4) is 0 Å². The smallest absolute Gasteiger partial charge is 0.271 e. The third kappa shape index (κ3) is 5.49. The predicted octanol–water partition coefficient (Wildman–Crippen LogP) is 4.83. The first kappa shape index (κ1) is 30.0. The Hall–Kier alpha value is -3.50. The van der Waals surface area contributed by atoms with Crippen molar-refractivity contribution >= 4 is 26.8 Å². The largest absolute Gasteiger partial charge is 0.394 e. The van der Waals surface area contributed by atoms with E-state index in [4.69, 9.17) is 4.74 Å². The van der Waals surface area contributed by atoms with Gasteiger partial charge in [0.15, 0.2) is 0 Å². The van der Waals surface area contributed by atoms with Gasteiger partial charge in [-0.25, -0.2) is 8.42 Å². The van der Waals surface area contributed by atoms with Crippen molar-refractivity contribution in [2.45, 2.75) is 44.4 Å². The van der Waals surface area contributed by atoms with Crippen LogP contribution in [-0.2, 0) is 28.4 Å². The van der Waals surface area contributed by atoms with Crippen LogP contribution in [-0.4, -0.2) is 72.1 Å². The third-order valence-corrected chi connectivity index (χ3v) is 10.2. The van der Waals surface area contributed by atoms with Gasteiger partial charge in [-0.1, -0.05) is 67.1 Å². The Morgan fingerprint density at radius 1 is 1.05 bits per heavy atom. The highest BCUT2D eigenvalue weighted by Gasteiger charge is 2.34. The highest BCUT2D eigenvalue weighted by molar-refractivity contribution is 7.89. The van der Waals surface area contributed by atoms with Gasteiger partial charge in [0.25, 0.3) is 5.91 Å². The number of aliphatic hydroxyl groups excluding tert-OH is 1. The topological polar surface area (TPSA) is 92.1 Å². The number of rotatable bonds is 6. The second-order valence-corrected chi connectivity index (χ2v) is 13.4. The molecule has 1 amide bonds. The van der Waals surface area contributed by atoms with Crippen molar-refractivity contribution < 1.29 is 23.1 Å². The summed E-state index contributed by atoms with van der Waals surface area (Å²) in [4.78, 5) is 16.4. The maximum absolute atomic E-state index is 14.5. The van der Waals surface area contributed by atoms with Gasteiger partial charge in [0.05, 0.1) is 30.3 Å². The van der Waals surface area contributed by atoms with E-state index in [0.29, 0.717) is 5.69 Å². The number of likely N-dealkylation sites (N-methyl/N-ethyl adjacent to an activating group) is 1. The molecule has 0 fully saturated rings. The molecule has 9 heteroatoms. The maximum atomic E-state index is 14.5. The molecule has 1 aliphatic heterocycles. The summed E-state index contributed by atoms with van der Waals surface area (Å²) in [5.74, 6) is -0.435. The zero-order valence-corrected chi connectivity index (χ0v) is 25.6. The highest BCUT2D eigenvalue weighted by Crippen LogP contribution is 2.38. The number of amides is 1. The number of aryl methyl sites for hydroxylation is 2. The van der Waals surface area contributed by atoms with Crippen LogP contribution < -0.4 is 0 Å². The third-order valence-electron chi connectivity index (χ3n) is 8.39. The first-order chi connectivity index (χ1) is 20.0. The Kier molecular flexibility index (Phi) is 8.57. The van der Waals surface area contributed by atoms with Crippen LogP contribution in [0, 0.1) is 12.8 Å². The molecule has 5 rings (SSSR count). The Labute approximate surface area is 248 Å². The van der Waals surface area contributed by atoms with Crippen LogP contribution in [0.15, 0.2) is 77.7 Å². The average molecular weight is 590 g/mol. The van der Waals surface area contributed by atoms with Crippen molar-refractivity contribution in [3.8, 4) is 11.1 Å². The van der Waals surface area contributed by atoms with E-state index in [1.54, 1.807) is 36.2 Å². The minimum absolute atomic E-state index is 0.102. The number of aliphatic hydroxyl groups is 1. The minimum atomic E-state index is -3.76. The molecule has 0 bridgehead atoms. The van der Waals surface area contributed by atoms with Crippen LogP contribution in [0.4, 0.5) is 0 Å². The summed E-state index contributed by atoms with van der Waals surface area (Å²) in [5.41, 5.74) is 5.10. The van der Waals surface area contributed by atoms with Gasteiger partial charge in [0, 0.05) is 49.6 Å². The molecule has 1 N–H and O–H groups in total. The molecule has 0 unspecified atom stereocenters. The fraction of sp³-hybridized carbons (Fsp3) is 0.364. The number of aromatic nitrogens is 1. The van der Waals surface area contributed by atoms with Crippen molar-refractivity contribution in [3.05, 3.63) is 89.6 Å².